The molecular formula is C14H17N3O3. The van der Waals surface area contributed by atoms with Crippen LogP contribution in [0, 0.1) is 11.3 Å². The maximum Gasteiger partial charge on any atom is 0.410 e. The minimum Gasteiger partial charge on any atom is -0.487 e. The largest absolute Gasteiger partial charge is 0.487 e. The fraction of sp³-hybridized carbons (Fsp3) is 0.500. The number of ether oxygens (including phenoxy) is 2. The molecule has 1 fully saturated rings. The summed E-state index contributed by atoms with van der Waals surface area (Å²) in [5.41, 5.74) is -0.179. The van der Waals surface area contributed by atoms with Crippen LogP contribution in [0.3, 0.4) is 0 Å². The van der Waals surface area contributed by atoms with Crippen molar-refractivity contribution < 1.29 is 14.3 Å². The monoisotopic (exact) mass is 275 g/mol. The molecule has 1 aromatic rings. The van der Waals surface area contributed by atoms with Gasteiger partial charge in [0, 0.05) is 12.3 Å². The Bertz CT molecular complexity index is 539. The summed E-state index contributed by atoms with van der Waals surface area (Å²) in [7, 11) is 0. The second-order valence-electron chi connectivity index (χ2n) is 5.61. The Labute approximate surface area is 117 Å². The molecule has 2 rings (SSSR count). The van der Waals surface area contributed by atoms with Gasteiger partial charge in [0.1, 0.15) is 29.2 Å². The summed E-state index contributed by atoms with van der Waals surface area (Å²) < 4.78 is 10.9. The summed E-state index contributed by atoms with van der Waals surface area (Å²) in [6, 6.07) is 5.22. The Morgan fingerprint density at radius 1 is 1.50 bits per heavy atom. The molecule has 0 saturated carbocycles. The zero-order valence-electron chi connectivity index (χ0n) is 11.8. The van der Waals surface area contributed by atoms with E-state index in [1.165, 1.54) is 6.20 Å². The first-order valence-electron chi connectivity index (χ1n) is 6.38. The fourth-order valence-electron chi connectivity index (χ4n) is 1.73. The number of aromatic nitrogens is 1. The van der Waals surface area contributed by atoms with E-state index in [1.807, 2.05) is 26.8 Å². The van der Waals surface area contributed by atoms with Gasteiger partial charge in [0.05, 0.1) is 13.1 Å². The minimum absolute atomic E-state index is 0.0727. The van der Waals surface area contributed by atoms with Crippen LogP contribution in [0.4, 0.5) is 4.79 Å². The smallest absolute Gasteiger partial charge is 0.410 e. The number of rotatable bonds is 2. The summed E-state index contributed by atoms with van der Waals surface area (Å²) in [6.45, 7) is 6.47. The van der Waals surface area contributed by atoms with Gasteiger partial charge in [-0.25, -0.2) is 9.78 Å². The maximum atomic E-state index is 11.7. The number of hydrogen-bond donors (Lipinski definition) is 0. The molecule has 0 unspecified atom stereocenters. The molecule has 0 radical (unpaired) electrons. The normalized spacial score (nSPS) is 15.2. The lowest BCUT2D eigenvalue weighted by Gasteiger charge is -2.39. The van der Waals surface area contributed by atoms with E-state index in [9.17, 15) is 4.79 Å². The highest BCUT2D eigenvalue weighted by molar-refractivity contribution is 5.69. The van der Waals surface area contributed by atoms with Gasteiger partial charge in [0.15, 0.2) is 0 Å². The van der Waals surface area contributed by atoms with Crippen molar-refractivity contribution in [2.24, 2.45) is 0 Å². The van der Waals surface area contributed by atoms with E-state index in [1.54, 1.807) is 17.0 Å². The molecule has 106 valence electrons. The van der Waals surface area contributed by atoms with Crippen molar-refractivity contribution in [3.8, 4) is 11.8 Å². The molecule has 1 saturated heterocycles. The first-order chi connectivity index (χ1) is 9.37. The van der Waals surface area contributed by atoms with E-state index < -0.39 is 5.60 Å². The van der Waals surface area contributed by atoms with Gasteiger partial charge in [-0.3, -0.25) is 0 Å². The Kier molecular flexibility index (Phi) is 3.79. The zero-order valence-corrected chi connectivity index (χ0v) is 11.8. The highest BCUT2D eigenvalue weighted by atomic mass is 16.6. The van der Waals surface area contributed by atoms with Gasteiger partial charge in [-0.15, -0.1) is 0 Å². The van der Waals surface area contributed by atoms with Crippen LogP contribution in [0.15, 0.2) is 18.3 Å². The molecular weight excluding hydrogens is 258 g/mol. The molecule has 6 heteroatoms. The van der Waals surface area contributed by atoms with E-state index >= 15 is 0 Å². The van der Waals surface area contributed by atoms with Gasteiger partial charge in [-0.1, -0.05) is 0 Å². The molecule has 0 aromatic carbocycles. The van der Waals surface area contributed by atoms with Crippen LogP contribution in [0.25, 0.3) is 0 Å². The number of likely N-dealkylation sites (tertiary alicyclic amines) is 1. The lowest BCUT2D eigenvalue weighted by atomic mass is 10.1. The van der Waals surface area contributed by atoms with Crippen molar-refractivity contribution in [1.82, 2.24) is 9.88 Å². The number of hydrogen-bond acceptors (Lipinski definition) is 5. The fourth-order valence-corrected chi connectivity index (χ4v) is 1.73. The van der Waals surface area contributed by atoms with E-state index in [0.29, 0.717) is 24.5 Å². The van der Waals surface area contributed by atoms with E-state index in [-0.39, 0.29) is 12.2 Å². The van der Waals surface area contributed by atoms with Crippen LogP contribution in [0.5, 0.6) is 5.75 Å². The van der Waals surface area contributed by atoms with Crippen LogP contribution in [0.2, 0.25) is 0 Å². The summed E-state index contributed by atoms with van der Waals surface area (Å²) in [6.07, 6.45) is 1.12. The van der Waals surface area contributed by atoms with E-state index in [0.717, 1.165) is 0 Å². The SMILES string of the molecule is CC(C)(C)OC(=O)N1CC(Oc2ccnc(C#N)c2)C1. The summed E-state index contributed by atoms with van der Waals surface area (Å²) in [5, 5.41) is 8.75. The number of carbonyl (C=O) groups is 1. The first-order valence-corrected chi connectivity index (χ1v) is 6.38. The van der Waals surface area contributed by atoms with Gasteiger partial charge >= 0.3 is 6.09 Å². The van der Waals surface area contributed by atoms with Crippen LogP contribution in [-0.2, 0) is 4.74 Å². The minimum atomic E-state index is -0.490. The molecule has 1 amide bonds. The van der Waals surface area contributed by atoms with Crippen LogP contribution in [0.1, 0.15) is 26.5 Å². The third kappa shape index (κ3) is 3.60. The molecule has 2 heterocycles. The third-order valence-corrected chi connectivity index (χ3v) is 2.65. The molecule has 1 aliphatic heterocycles. The highest BCUT2D eigenvalue weighted by Crippen LogP contribution is 2.20. The summed E-state index contributed by atoms with van der Waals surface area (Å²) >= 11 is 0. The lowest BCUT2D eigenvalue weighted by molar-refractivity contribution is -0.0221. The van der Waals surface area contributed by atoms with Crippen molar-refractivity contribution in [3.05, 3.63) is 24.0 Å². The molecule has 1 aliphatic rings. The number of carbonyl (C=O) groups excluding carboxylic acids is 1. The molecule has 0 atom stereocenters. The van der Waals surface area contributed by atoms with Gasteiger partial charge < -0.3 is 14.4 Å². The predicted molar refractivity (Wildman–Crippen MR) is 71.2 cm³/mol. The number of nitrogens with zero attached hydrogens (tertiary/aromatic N) is 3. The van der Waals surface area contributed by atoms with Crippen molar-refractivity contribution in [3.63, 3.8) is 0 Å². The van der Waals surface area contributed by atoms with Gasteiger partial charge in [-0.05, 0) is 26.8 Å². The molecule has 1 aromatic heterocycles. The Morgan fingerprint density at radius 2 is 2.20 bits per heavy atom. The van der Waals surface area contributed by atoms with Gasteiger partial charge in [0.25, 0.3) is 0 Å². The maximum absolute atomic E-state index is 11.7. The van der Waals surface area contributed by atoms with Crippen molar-refractivity contribution in [1.29, 1.82) is 5.26 Å². The number of amides is 1. The van der Waals surface area contributed by atoms with Crippen molar-refractivity contribution in [2.75, 3.05) is 13.1 Å². The Balaban J connectivity index is 1.82. The van der Waals surface area contributed by atoms with E-state index in [2.05, 4.69) is 4.98 Å². The second-order valence-corrected chi connectivity index (χ2v) is 5.61. The Hall–Kier alpha value is -2.29. The van der Waals surface area contributed by atoms with Crippen LogP contribution in [-0.4, -0.2) is 40.8 Å². The average Bonchev–Trinajstić information content (AvgIpc) is 2.31. The molecule has 0 N–H and O–H groups in total. The average molecular weight is 275 g/mol. The van der Waals surface area contributed by atoms with Crippen LogP contribution >= 0.6 is 0 Å². The zero-order chi connectivity index (χ0) is 14.8. The molecule has 0 aliphatic carbocycles. The third-order valence-electron chi connectivity index (χ3n) is 2.65. The van der Waals surface area contributed by atoms with Crippen molar-refractivity contribution in [2.45, 2.75) is 32.5 Å². The molecule has 20 heavy (non-hydrogen) atoms. The first kappa shape index (κ1) is 14.1. The Morgan fingerprint density at radius 3 is 2.80 bits per heavy atom. The highest BCUT2D eigenvalue weighted by Gasteiger charge is 2.35. The molecule has 6 nitrogen and oxygen atoms in total. The van der Waals surface area contributed by atoms with Crippen LogP contribution < -0.4 is 4.74 Å². The van der Waals surface area contributed by atoms with Gasteiger partial charge in [-0.2, -0.15) is 5.26 Å². The topological polar surface area (TPSA) is 75.4 Å². The van der Waals surface area contributed by atoms with E-state index in [4.69, 9.17) is 14.7 Å². The van der Waals surface area contributed by atoms with Gasteiger partial charge in [0.2, 0.25) is 0 Å². The number of nitriles is 1. The molecule has 0 bridgehead atoms. The quantitative estimate of drug-likeness (QED) is 0.824. The number of pyridine rings is 1. The second kappa shape index (κ2) is 5.37. The predicted octanol–water partition coefficient (Wildman–Crippen LogP) is 1.95. The van der Waals surface area contributed by atoms with Crippen molar-refractivity contribution >= 4 is 6.09 Å². The molecule has 0 spiro atoms. The summed E-state index contributed by atoms with van der Waals surface area (Å²) in [5.74, 6) is 0.588. The lowest BCUT2D eigenvalue weighted by Crippen LogP contribution is -2.57. The summed E-state index contributed by atoms with van der Waals surface area (Å²) in [4.78, 5) is 17.2. The standard InChI is InChI=1S/C14H17N3O3/c1-14(2,3)20-13(18)17-8-12(9-17)19-11-4-5-16-10(6-11)7-15/h4-6,12H,8-9H2,1-3H3.